The van der Waals surface area contributed by atoms with E-state index in [-0.39, 0.29) is 29.9 Å². The van der Waals surface area contributed by atoms with Gasteiger partial charge in [0.15, 0.2) is 6.61 Å². The molecule has 30 heavy (non-hydrogen) atoms. The number of piperidine rings is 1. The first-order chi connectivity index (χ1) is 14.3. The first-order valence-electron chi connectivity index (χ1n) is 9.64. The fraction of sp³-hybridized carbons (Fsp3) is 0.350. The number of benzene rings is 1. The lowest BCUT2D eigenvalue weighted by Gasteiger charge is -2.31. The number of carbonyl (C=O) groups is 2. The fourth-order valence-electron chi connectivity index (χ4n) is 3.59. The smallest absolute Gasteiger partial charge is 0.262 e. The van der Waals surface area contributed by atoms with E-state index in [4.69, 9.17) is 4.74 Å². The van der Waals surface area contributed by atoms with E-state index in [1.54, 1.807) is 12.1 Å². The Morgan fingerprint density at radius 3 is 2.93 bits per heavy atom. The highest BCUT2D eigenvalue weighted by Gasteiger charge is 2.34. The Labute approximate surface area is 174 Å². The maximum atomic E-state index is 13.2. The number of sulfonamides is 1. The molecule has 2 aromatic rings. The number of anilines is 2. The number of aryl methyl sites for hydroxylation is 1. The minimum Gasteiger partial charge on any atom is -0.482 e. The van der Waals surface area contributed by atoms with Crippen molar-refractivity contribution in [3.05, 3.63) is 42.1 Å². The highest BCUT2D eigenvalue weighted by molar-refractivity contribution is 7.89. The molecule has 158 valence electrons. The topological polar surface area (TPSA) is 118 Å². The third-order valence-corrected chi connectivity index (χ3v) is 6.98. The average Bonchev–Trinajstić information content (AvgIpc) is 2.73. The minimum absolute atomic E-state index is 0.0495. The normalized spacial score (nSPS) is 19.4. The van der Waals surface area contributed by atoms with Crippen LogP contribution in [0.15, 0.2) is 41.3 Å². The number of nitrogens with zero attached hydrogens (tertiary/aromatic N) is 2. The van der Waals surface area contributed by atoms with Gasteiger partial charge in [-0.25, -0.2) is 13.4 Å². The highest BCUT2D eigenvalue weighted by Crippen LogP contribution is 2.32. The van der Waals surface area contributed by atoms with Gasteiger partial charge in [0.25, 0.3) is 5.91 Å². The van der Waals surface area contributed by atoms with Crippen LogP contribution in [0, 0.1) is 12.8 Å². The molecule has 0 bridgehead atoms. The van der Waals surface area contributed by atoms with E-state index >= 15 is 0 Å². The molecule has 3 heterocycles. The van der Waals surface area contributed by atoms with Gasteiger partial charge in [-0.3, -0.25) is 9.59 Å². The summed E-state index contributed by atoms with van der Waals surface area (Å²) in [5.41, 5.74) is 1.10. The first kappa shape index (κ1) is 20.3. The number of pyridine rings is 1. The van der Waals surface area contributed by atoms with Gasteiger partial charge in [-0.1, -0.05) is 6.07 Å². The summed E-state index contributed by atoms with van der Waals surface area (Å²) in [6.45, 7) is 2.14. The molecular formula is C20H22N4O5S. The molecule has 4 rings (SSSR count). The van der Waals surface area contributed by atoms with Gasteiger partial charge in [-0.15, -0.1) is 0 Å². The zero-order valence-electron chi connectivity index (χ0n) is 16.4. The van der Waals surface area contributed by atoms with Crippen LogP contribution in [0.3, 0.4) is 0 Å². The Kier molecular flexibility index (Phi) is 5.44. The molecule has 9 nitrogen and oxygen atoms in total. The van der Waals surface area contributed by atoms with Gasteiger partial charge < -0.3 is 15.4 Å². The van der Waals surface area contributed by atoms with Gasteiger partial charge in [0.2, 0.25) is 15.9 Å². The van der Waals surface area contributed by atoms with E-state index in [2.05, 4.69) is 15.6 Å². The minimum atomic E-state index is -3.83. The molecule has 2 aliphatic rings. The van der Waals surface area contributed by atoms with Crippen molar-refractivity contribution >= 4 is 33.3 Å². The van der Waals surface area contributed by atoms with E-state index in [1.165, 1.54) is 22.5 Å². The molecule has 0 saturated carbocycles. The number of aromatic nitrogens is 1. The van der Waals surface area contributed by atoms with Gasteiger partial charge in [-0.05, 0) is 50.1 Å². The molecule has 1 aromatic carbocycles. The molecule has 2 N–H and O–H groups in total. The maximum absolute atomic E-state index is 13.2. The Bertz CT molecular complexity index is 1100. The van der Waals surface area contributed by atoms with Gasteiger partial charge in [0.05, 0.1) is 16.5 Å². The van der Waals surface area contributed by atoms with Crippen molar-refractivity contribution in [3.8, 4) is 5.75 Å². The van der Waals surface area contributed by atoms with Crippen molar-refractivity contribution in [1.82, 2.24) is 9.29 Å². The van der Waals surface area contributed by atoms with E-state index in [0.717, 1.165) is 5.69 Å². The molecular weight excluding hydrogens is 408 g/mol. The summed E-state index contributed by atoms with van der Waals surface area (Å²) in [7, 11) is -3.83. The Morgan fingerprint density at radius 2 is 2.13 bits per heavy atom. The molecule has 0 spiro atoms. The standard InChI is InChI=1S/C20H22N4O5S/c1-13-4-2-6-18(21-13)23-20(26)14-5-3-9-24(11-14)30(27,28)15-7-8-17-16(10-15)22-19(25)12-29-17/h2,4,6-8,10,14H,3,5,9,11-12H2,1H3,(H,22,25)(H,21,23,26)/t14-/m0/s1. The van der Waals surface area contributed by atoms with E-state index < -0.39 is 15.9 Å². The predicted molar refractivity (Wildman–Crippen MR) is 110 cm³/mol. The summed E-state index contributed by atoms with van der Waals surface area (Å²) in [5, 5.41) is 5.39. The van der Waals surface area contributed by atoms with Crippen LogP contribution in [0.25, 0.3) is 0 Å². The molecule has 2 amide bonds. The molecule has 2 aliphatic heterocycles. The number of hydrogen-bond acceptors (Lipinski definition) is 6. The number of rotatable bonds is 4. The number of ether oxygens (including phenoxy) is 1. The van der Waals surface area contributed by atoms with Gasteiger partial charge >= 0.3 is 0 Å². The number of amides is 2. The third-order valence-electron chi connectivity index (χ3n) is 5.12. The fourth-order valence-corrected chi connectivity index (χ4v) is 5.14. The number of fused-ring (bicyclic) bond motifs is 1. The summed E-state index contributed by atoms with van der Waals surface area (Å²) in [6, 6.07) is 9.70. The van der Waals surface area contributed by atoms with E-state index in [0.29, 0.717) is 36.6 Å². The summed E-state index contributed by atoms with van der Waals surface area (Å²) in [6.07, 6.45) is 1.17. The van der Waals surface area contributed by atoms with Crippen LogP contribution in [-0.4, -0.2) is 49.2 Å². The SMILES string of the molecule is Cc1cccc(NC(=O)[C@H]2CCCN(S(=O)(=O)c3ccc4c(c3)NC(=O)CO4)C2)n1. The Balaban J connectivity index is 1.50. The van der Waals surface area contributed by atoms with Gasteiger partial charge in [0, 0.05) is 18.8 Å². The van der Waals surface area contributed by atoms with Crippen molar-refractivity contribution < 1.29 is 22.7 Å². The molecule has 0 radical (unpaired) electrons. The number of hydrogen-bond donors (Lipinski definition) is 2. The van der Waals surface area contributed by atoms with Crippen LogP contribution in [0.5, 0.6) is 5.75 Å². The second-order valence-corrected chi connectivity index (χ2v) is 9.29. The van der Waals surface area contributed by atoms with Crippen LogP contribution in [0.1, 0.15) is 18.5 Å². The lowest BCUT2D eigenvalue weighted by Crippen LogP contribution is -2.43. The van der Waals surface area contributed by atoms with Crippen molar-refractivity contribution in [2.24, 2.45) is 5.92 Å². The summed E-state index contributed by atoms with van der Waals surface area (Å²) in [5.74, 6) is -0.187. The van der Waals surface area contributed by atoms with Crippen LogP contribution in [-0.2, 0) is 19.6 Å². The molecule has 1 atom stereocenters. The first-order valence-corrected chi connectivity index (χ1v) is 11.1. The molecule has 1 fully saturated rings. The molecule has 1 aromatic heterocycles. The van der Waals surface area contributed by atoms with Crippen LogP contribution in [0.4, 0.5) is 11.5 Å². The third kappa shape index (κ3) is 4.14. The summed E-state index contributed by atoms with van der Waals surface area (Å²) >= 11 is 0. The van der Waals surface area contributed by atoms with Crippen molar-refractivity contribution in [2.75, 3.05) is 30.3 Å². The van der Waals surface area contributed by atoms with E-state index in [1.807, 2.05) is 13.0 Å². The Morgan fingerprint density at radius 1 is 1.30 bits per heavy atom. The van der Waals surface area contributed by atoms with Gasteiger partial charge in [0.1, 0.15) is 11.6 Å². The van der Waals surface area contributed by atoms with Crippen LogP contribution >= 0.6 is 0 Å². The molecule has 0 unspecified atom stereocenters. The second kappa shape index (κ2) is 8.04. The summed E-state index contributed by atoms with van der Waals surface area (Å²) in [4.78, 5) is 28.5. The molecule has 0 aliphatic carbocycles. The lowest BCUT2D eigenvalue weighted by atomic mass is 9.99. The van der Waals surface area contributed by atoms with Crippen molar-refractivity contribution in [1.29, 1.82) is 0 Å². The van der Waals surface area contributed by atoms with Crippen molar-refractivity contribution in [2.45, 2.75) is 24.7 Å². The van der Waals surface area contributed by atoms with Gasteiger partial charge in [-0.2, -0.15) is 4.31 Å². The molecule has 1 saturated heterocycles. The average molecular weight is 430 g/mol. The summed E-state index contributed by atoms with van der Waals surface area (Å²) < 4.78 is 32.9. The second-order valence-electron chi connectivity index (χ2n) is 7.35. The number of carbonyl (C=O) groups excluding carboxylic acids is 2. The zero-order chi connectivity index (χ0) is 21.3. The van der Waals surface area contributed by atoms with Crippen LogP contribution < -0.4 is 15.4 Å². The molecule has 10 heteroatoms. The number of nitrogens with one attached hydrogen (secondary N) is 2. The largest absolute Gasteiger partial charge is 0.482 e. The maximum Gasteiger partial charge on any atom is 0.262 e. The lowest BCUT2D eigenvalue weighted by molar-refractivity contribution is -0.121. The van der Waals surface area contributed by atoms with Crippen molar-refractivity contribution in [3.63, 3.8) is 0 Å². The van der Waals surface area contributed by atoms with Crippen LogP contribution in [0.2, 0.25) is 0 Å². The highest BCUT2D eigenvalue weighted by atomic mass is 32.2. The quantitative estimate of drug-likeness (QED) is 0.763. The monoisotopic (exact) mass is 430 g/mol. The predicted octanol–water partition coefficient (Wildman–Crippen LogP) is 1.76. The zero-order valence-corrected chi connectivity index (χ0v) is 17.2. The Hall–Kier alpha value is -2.98. The van der Waals surface area contributed by atoms with E-state index in [9.17, 15) is 18.0 Å².